The molecule has 0 radical (unpaired) electrons. The Morgan fingerprint density at radius 3 is 0.969 bits per heavy atom. The van der Waals surface area contributed by atoms with Gasteiger partial charge in [0, 0.05) is 19.3 Å². The van der Waals surface area contributed by atoms with Crippen LogP contribution < -0.4 is 0 Å². The van der Waals surface area contributed by atoms with Crippen molar-refractivity contribution in [3.05, 3.63) is 48.6 Å². The second kappa shape index (κ2) is 53.0. The van der Waals surface area contributed by atoms with Crippen LogP contribution in [0.15, 0.2) is 48.6 Å². The van der Waals surface area contributed by atoms with E-state index in [2.05, 4.69) is 69.4 Å². The predicted octanol–water partition coefficient (Wildman–Crippen LogP) is 18.3. The summed E-state index contributed by atoms with van der Waals surface area (Å²) >= 11 is 0. The van der Waals surface area contributed by atoms with Crippen molar-refractivity contribution in [1.82, 2.24) is 0 Å². The summed E-state index contributed by atoms with van der Waals surface area (Å²) in [6.45, 7) is 6.53. The molecule has 64 heavy (non-hydrogen) atoms. The van der Waals surface area contributed by atoms with Crippen molar-refractivity contribution in [3.8, 4) is 0 Å². The average molecular weight is 897 g/mol. The molecule has 1 unspecified atom stereocenters. The summed E-state index contributed by atoms with van der Waals surface area (Å²) in [6, 6.07) is 0. The molecular weight excluding hydrogens is 793 g/mol. The van der Waals surface area contributed by atoms with Gasteiger partial charge in [0.25, 0.3) is 0 Å². The lowest BCUT2D eigenvalue weighted by atomic mass is 10.0. The van der Waals surface area contributed by atoms with Crippen LogP contribution in [0.2, 0.25) is 0 Å². The number of hydrogen-bond acceptors (Lipinski definition) is 6. The van der Waals surface area contributed by atoms with Crippen molar-refractivity contribution in [2.45, 2.75) is 290 Å². The highest BCUT2D eigenvalue weighted by atomic mass is 16.6. The maximum atomic E-state index is 12.8. The van der Waals surface area contributed by atoms with Gasteiger partial charge in [0.15, 0.2) is 6.10 Å². The van der Waals surface area contributed by atoms with Gasteiger partial charge in [-0.25, -0.2) is 0 Å². The van der Waals surface area contributed by atoms with Gasteiger partial charge >= 0.3 is 17.9 Å². The van der Waals surface area contributed by atoms with Crippen LogP contribution in [-0.4, -0.2) is 37.2 Å². The Morgan fingerprint density at radius 2 is 0.609 bits per heavy atom. The van der Waals surface area contributed by atoms with E-state index in [4.69, 9.17) is 14.2 Å². The van der Waals surface area contributed by atoms with E-state index < -0.39 is 6.10 Å². The molecule has 0 spiro atoms. The molecule has 0 N–H and O–H groups in total. The van der Waals surface area contributed by atoms with Crippen LogP contribution in [0.3, 0.4) is 0 Å². The highest BCUT2D eigenvalue weighted by Gasteiger charge is 2.19. The van der Waals surface area contributed by atoms with Gasteiger partial charge in [-0.3, -0.25) is 14.4 Å². The van der Waals surface area contributed by atoms with E-state index in [9.17, 15) is 14.4 Å². The maximum Gasteiger partial charge on any atom is 0.306 e. The SMILES string of the molecule is CC/C=C\C/C=C\C/C=C\CCCCCCC(=O)OC(COC(=O)CCCCCCCCC/C=C\CCCCCCCCCC)COC(=O)CCCCCCCCCCCCCCC. The van der Waals surface area contributed by atoms with E-state index in [1.54, 1.807) is 0 Å². The monoisotopic (exact) mass is 897 g/mol. The van der Waals surface area contributed by atoms with Crippen molar-refractivity contribution in [2.75, 3.05) is 13.2 Å². The summed E-state index contributed by atoms with van der Waals surface area (Å²) < 4.78 is 16.8. The minimum atomic E-state index is -0.783. The van der Waals surface area contributed by atoms with Crippen LogP contribution in [-0.2, 0) is 28.6 Å². The summed E-state index contributed by atoms with van der Waals surface area (Å²) in [5, 5.41) is 0. The van der Waals surface area contributed by atoms with E-state index in [0.29, 0.717) is 19.3 Å². The standard InChI is InChI=1S/C58H104O6/c1-4-7-10-13-16-19-22-25-27-28-29-30-31-34-36-39-42-45-48-51-57(60)63-54-55(53-62-56(59)50-47-44-41-38-35-32-24-21-18-15-12-9-6-3)64-58(61)52-49-46-43-40-37-33-26-23-20-17-14-11-8-5-2/h8,11,17,20,26,28-29,33,55H,4-7,9-10,12-16,18-19,21-25,27,30-32,34-54H2,1-3H3/b11-8-,20-17-,29-28-,33-26-. The molecule has 0 saturated heterocycles. The largest absolute Gasteiger partial charge is 0.462 e. The summed E-state index contributed by atoms with van der Waals surface area (Å²) in [5.74, 6) is -0.897. The molecule has 1 atom stereocenters. The van der Waals surface area contributed by atoms with E-state index in [1.807, 2.05) is 0 Å². The van der Waals surface area contributed by atoms with Crippen molar-refractivity contribution in [3.63, 3.8) is 0 Å². The number of carbonyl (C=O) groups excluding carboxylic acids is 3. The number of esters is 3. The van der Waals surface area contributed by atoms with Gasteiger partial charge < -0.3 is 14.2 Å². The van der Waals surface area contributed by atoms with Gasteiger partial charge in [0.05, 0.1) is 0 Å². The van der Waals surface area contributed by atoms with Crippen LogP contribution in [0, 0.1) is 0 Å². The van der Waals surface area contributed by atoms with Crippen LogP contribution in [0.5, 0.6) is 0 Å². The lowest BCUT2D eigenvalue weighted by Gasteiger charge is -2.18. The minimum absolute atomic E-state index is 0.0810. The third kappa shape index (κ3) is 50.4. The van der Waals surface area contributed by atoms with Crippen molar-refractivity contribution >= 4 is 17.9 Å². The Bertz CT molecular complexity index is 1120. The zero-order chi connectivity index (χ0) is 46.5. The molecule has 0 aliphatic heterocycles. The molecule has 0 amide bonds. The third-order valence-electron chi connectivity index (χ3n) is 12.1. The van der Waals surface area contributed by atoms with Gasteiger partial charge in [-0.05, 0) is 77.0 Å². The molecule has 0 aromatic heterocycles. The Morgan fingerprint density at radius 1 is 0.328 bits per heavy atom. The second-order valence-electron chi connectivity index (χ2n) is 18.5. The first-order valence-corrected chi connectivity index (χ1v) is 27.6. The van der Waals surface area contributed by atoms with Gasteiger partial charge in [-0.15, -0.1) is 0 Å². The molecule has 0 aromatic carbocycles. The Labute approximate surface area is 397 Å². The van der Waals surface area contributed by atoms with Crippen molar-refractivity contribution < 1.29 is 28.6 Å². The van der Waals surface area contributed by atoms with Gasteiger partial charge in [-0.2, -0.15) is 0 Å². The quantitative estimate of drug-likeness (QED) is 0.0262. The highest BCUT2D eigenvalue weighted by molar-refractivity contribution is 5.71. The summed E-state index contributed by atoms with van der Waals surface area (Å²) in [4.78, 5) is 38.0. The summed E-state index contributed by atoms with van der Waals surface area (Å²) in [6.07, 6.45) is 63.8. The molecule has 0 aromatic rings. The molecule has 0 bridgehead atoms. The van der Waals surface area contributed by atoms with E-state index in [1.165, 1.54) is 154 Å². The lowest BCUT2D eigenvalue weighted by Crippen LogP contribution is -2.30. The molecule has 6 heteroatoms. The number of allylic oxidation sites excluding steroid dienone is 8. The fraction of sp³-hybridized carbons (Fsp3) is 0.810. The van der Waals surface area contributed by atoms with Gasteiger partial charge in [0.1, 0.15) is 13.2 Å². The molecule has 0 heterocycles. The van der Waals surface area contributed by atoms with Gasteiger partial charge in [0.2, 0.25) is 0 Å². The number of unbranched alkanes of at least 4 members (excludes halogenated alkanes) is 31. The Hall–Kier alpha value is -2.63. The fourth-order valence-electron chi connectivity index (χ4n) is 7.92. The molecule has 0 rings (SSSR count). The van der Waals surface area contributed by atoms with E-state index in [0.717, 1.165) is 89.9 Å². The van der Waals surface area contributed by atoms with E-state index in [-0.39, 0.29) is 31.1 Å². The molecule has 372 valence electrons. The van der Waals surface area contributed by atoms with Crippen LogP contribution in [0.1, 0.15) is 284 Å². The molecular formula is C58H104O6. The highest BCUT2D eigenvalue weighted by Crippen LogP contribution is 2.16. The summed E-state index contributed by atoms with van der Waals surface area (Å²) in [7, 11) is 0. The topological polar surface area (TPSA) is 78.9 Å². The minimum Gasteiger partial charge on any atom is -0.462 e. The van der Waals surface area contributed by atoms with Crippen LogP contribution in [0.25, 0.3) is 0 Å². The number of hydrogen-bond donors (Lipinski definition) is 0. The Balaban J connectivity index is 4.35. The van der Waals surface area contributed by atoms with Crippen molar-refractivity contribution in [1.29, 1.82) is 0 Å². The molecule has 0 fully saturated rings. The smallest absolute Gasteiger partial charge is 0.306 e. The average Bonchev–Trinajstić information content (AvgIpc) is 3.29. The zero-order valence-electron chi connectivity index (χ0n) is 42.6. The number of carbonyl (C=O) groups is 3. The van der Waals surface area contributed by atoms with E-state index >= 15 is 0 Å². The number of ether oxygens (including phenoxy) is 3. The van der Waals surface area contributed by atoms with Crippen LogP contribution >= 0.6 is 0 Å². The molecule has 6 nitrogen and oxygen atoms in total. The Kier molecular flexibility index (Phi) is 50.8. The fourth-order valence-corrected chi connectivity index (χ4v) is 7.92. The van der Waals surface area contributed by atoms with Gasteiger partial charge in [-0.1, -0.05) is 236 Å². The second-order valence-corrected chi connectivity index (χ2v) is 18.5. The first-order valence-electron chi connectivity index (χ1n) is 27.6. The van der Waals surface area contributed by atoms with Crippen molar-refractivity contribution in [2.24, 2.45) is 0 Å². The first kappa shape index (κ1) is 61.4. The molecule has 0 aliphatic carbocycles. The predicted molar refractivity (Wildman–Crippen MR) is 275 cm³/mol. The normalized spacial score (nSPS) is 12.4. The first-order chi connectivity index (χ1) is 31.5. The molecule has 0 aliphatic rings. The third-order valence-corrected chi connectivity index (χ3v) is 12.1. The zero-order valence-corrected chi connectivity index (χ0v) is 42.6. The number of rotatable bonds is 50. The van der Waals surface area contributed by atoms with Crippen LogP contribution in [0.4, 0.5) is 0 Å². The summed E-state index contributed by atoms with van der Waals surface area (Å²) in [5.41, 5.74) is 0. The lowest BCUT2D eigenvalue weighted by molar-refractivity contribution is -0.167. The molecule has 0 saturated carbocycles. The maximum absolute atomic E-state index is 12.8.